The van der Waals surface area contributed by atoms with Crippen molar-refractivity contribution in [2.45, 2.75) is 25.4 Å². The summed E-state index contributed by atoms with van der Waals surface area (Å²) in [6.45, 7) is 3.45. The molecule has 0 aliphatic carbocycles. The van der Waals surface area contributed by atoms with Gasteiger partial charge in [-0.3, -0.25) is 9.48 Å². The number of carbonyl (C=O) groups excluding carboxylic acids is 1. The summed E-state index contributed by atoms with van der Waals surface area (Å²) in [5, 5.41) is 4.08. The fraction of sp³-hybridized carbons (Fsp3) is 0.692. The van der Waals surface area contributed by atoms with Crippen LogP contribution in [0.4, 0.5) is 0 Å². The predicted octanol–water partition coefficient (Wildman–Crippen LogP) is 1.20. The predicted molar refractivity (Wildman–Crippen MR) is 68.5 cm³/mol. The van der Waals surface area contributed by atoms with Crippen molar-refractivity contribution < 1.29 is 19.0 Å². The molecule has 0 bridgehead atoms. The molecule has 0 spiro atoms. The zero-order chi connectivity index (χ0) is 13.9. The molecule has 0 saturated carbocycles. The van der Waals surface area contributed by atoms with Gasteiger partial charge in [-0.1, -0.05) is 0 Å². The average molecular weight is 268 g/mol. The van der Waals surface area contributed by atoms with Gasteiger partial charge in [0.25, 0.3) is 0 Å². The van der Waals surface area contributed by atoms with E-state index < -0.39 is 5.60 Å². The van der Waals surface area contributed by atoms with Gasteiger partial charge < -0.3 is 14.2 Å². The highest BCUT2D eigenvalue weighted by atomic mass is 16.5. The van der Waals surface area contributed by atoms with Crippen molar-refractivity contribution in [2.75, 3.05) is 26.9 Å². The molecule has 0 amide bonds. The summed E-state index contributed by atoms with van der Waals surface area (Å²) in [6.07, 6.45) is 2.67. The smallest absolute Gasteiger partial charge is 0.216 e. The fourth-order valence-electron chi connectivity index (χ4n) is 2.46. The molecule has 1 aromatic heterocycles. The van der Waals surface area contributed by atoms with E-state index in [1.165, 1.54) is 11.8 Å². The second-order valence-electron chi connectivity index (χ2n) is 4.55. The van der Waals surface area contributed by atoms with Crippen molar-refractivity contribution in [1.29, 1.82) is 0 Å². The molecule has 1 aromatic rings. The minimum atomic E-state index is -0.811. The molecule has 1 fully saturated rings. The minimum Gasteiger partial charge on any atom is -0.493 e. The van der Waals surface area contributed by atoms with Gasteiger partial charge in [0.2, 0.25) is 5.78 Å². The molecule has 1 aliphatic heterocycles. The maximum atomic E-state index is 12.9. The molecule has 1 aliphatic rings. The summed E-state index contributed by atoms with van der Waals surface area (Å²) in [6, 6.07) is 0. The van der Waals surface area contributed by atoms with Crippen LogP contribution in [0.3, 0.4) is 0 Å². The van der Waals surface area contributed by atoms with E-state index in [4.69, 9.17) is 14.2 Å². The Hall–Kier alpha value is -1.40. The van der Waals surface area contributed by atoms with E-state index in [1.807, 2.05) is 6.92 Å². The molecule has 0 N–H and O–H groups in total. The largest absolute Gasteiger partial charge is 0.493 e. The number of hydrogen-bond acceptors (Lipinski definition) is 5. The van der Waals surface area contributed by atoms with Crippen LogP contribution in [0.25, 0.3) is 0 Å². The van der Waals surface area contributed by atoms with Crippen LogP contribution in [0.5, 0.6) is 5.75 Å². The van der Waals surface area contributed by atoms with Crippen LogP contribution in [-0.4, -0.2) is 48.1 Å². The Balaban J connectivity index is 2.36. The molecule has 6 nitrogen and oxygen atoms in total. The lowest BCUT2D eigenvalue weighted by atomic mass is 9.87. The summed E-state index contributed by atoms with van der Waals surface area (Å²) >= 11 is 0. The standard InChI is InChI=1S/C13H20N2O4/c1-4-19-13(5-7-18-8-6-13)12(16)11-10(17-3)9-14-15(11)2/h9H,4-8H2,1-3H3. The molecule has 1 saturated heterocycles. The lowest BCUT2D eigenvalue weighted by molar-refractivity contribution is -0.0826. The molecule has 2 rings (SSSR count). The van der Waals surface area contributed by atoms with Gasteiger partial charge in [-0.2, -0.15) is 5.10 Å². The second-order valence-corrected chi connectivity index (χ2v) is 4.55. The maximum Gasteiger partial charge on any atom is 0.216 e. The van der Waals surface area contributed by atoms with E-state index in [0.29, 0.717) is 44.1 Å². The SMILES string of the molecule is CCOC1(C(=O)c2c(OC)cnn2C)CCOCC1. The molecule has 0 atom stereocenters. The Labute approximate surface area is 112 Å². The van der Waals surface area contributed by atoms with Gasteiger partial charge in [0.05, 0.1) is 13.3 Å². The third-order valence-corrected chi connectivity index (χ3v) is 3.48. The average Bonchev–Trinajstić information content (AvgIpc) is 2.80. The van der Waals surface area contributed by atoms with Crippen molar-refractivity contribution in [1.82, 2.24) is 9.78 Å². The first kappa shape index (κ1) is 14.0. The normalized spacial score (nSPS) is 18.3. The Morgan fingerprint density at radius 2 is 2.21 bits per heavy atom. The Morgan fingerprint density at radius 3 is 2.79 bits per heavy atom. The van der Waals surface area contributed by atoms with Crippen LogP contribution in [0, 0.1) is 0 Å². The first-order valence-electron chi connectivity index (χ1n) is 6.47. The number of ketones is 1. The van der Waals surface area contributed by atoms with Gasteiger partial charge in [-0.05, 0) is 6.92 Å². The number of methoxy groups -OCH3 is 1. The molecule has 0 unspecified atom stereocenters. The van der Waals surface area contributed by atoms with Crippen LogP contribution in [0.2, 0.25) is 0 Å². The molecular weight excluding hydrogens is 248 g/mol. The van der Waals surface area contributed by atoms with Crippen molar-refractivity contribution in [3.63, 3.8) is 0 Å². The zero-order valence-corrected chi connectivity index (χ0v) is 11.6. The lowest BCUT2D eigenvalue weighted by Crippen LogP contribution is -2.47. The van der Waals surface area contributed by atoms with E-state index in [9.17, 15) is 4.79 Å². The van der Waals surface area contributed by atoms with Gasteiger partial charge in [0.1, 0.15) is 11.3 Å². The van der Waals surface area contributed by atoms with Crippen molar-refractivity contribution in [3.05, 3.63) is 11.9 Å². The first-order chi connectivity index (χ1) is 9.14. The summed E-state index contributed by atoms with van der Waals surface area (Å²) in [5.41, 5.74) is -0.355. The van der Waals surface area contributed by atoms with Gasteiger partial charge in [-0.25, -0.2) is 0 Å². The number of hydrogen-bond donors (Lipinski definition) is 0. The number of carbonyl (C=O) groups is 1. The van der Waals surface area contributed by atoms with Crippen LogP contribution in [0.15, 0.2) is 6.20 Å². The molecule has 19 heavy (non-hydrogen) atoms. The van der Waals surface area contributed by atoms with E-state index >= 15 is 0 Å². The highest BCUT2D eigenvalue weighted by molar-refractivity contribution is 6.03. The third-order valence-electron chi connectivity index (χ3n) is 3.48. The molecule has 6 heteroatoms. The Morgan fingerprint density at radius 1 is 1.53 bits per heavy atom. The van der Waals surface area contributed by atoms with Gasteiger partial charge in [0.15, 0.2) is 5.75 Å². The summed E-state index contributed by atoms with van der Waals surface area (Å²) in [5.74, 6) is 0.410. The van der Waals surface area contributed by atoms with Crippen LogP contribution in [-0.2, 0) is 16.5 Å². The van der Waals surface area contributed by atoms with E-state index in [1.54, 1.807) is 13.2 Å². The maximum absolute atomic E-state index is 12.9. The summed E-state index contributed by atoms with van der Waals surface area (Å²) < 4.78 is 17.9. The number of rotatable bonds is 5. The molecule has 2 heterocycles. The van der Waals surface area contributed by atoms with E-state index in [0.717, 1.165) is 0 Å². The molecule has 0 radical (unpaired) electrons. The van der Waals surface area contributed by atoms with Crippen molar-refractivity contribution in [3.8, 4) is 5.75 Å². The highest BCUT2D eigenvalue weighted by Crippen LogP contribution is 2.32. The third kappa shape index (κ3) is 2.50. The quantitative estimate of drug-likeness (QED) is 0.751. The van der Waals surface area contributed by atoms with Crippen LogP contribution >= 0.6 is 0 Å². The van der Waals surface area contributed by atoms with Crippen LogP contribution < -0.4 is 4.74 Å². The monoisotopic (exact) mass is 268 g/mol. The summed E-state index contributed by atoms with van der Waals surface area (Å²) in [4.78, 5) is 12.9. The molecule has 106 valence electrons. The first-order valence-corrected chi connectivity index (χ1v) is 6.47. The summed E-state index contributed by atoms with van der Waals surface area (Å²) in [7, 11) is 3.26. The number of aromatic nitrogens is 2. The minimum absolute atomic E-state index is 0.0745. The van der Waals surface area contributed by atoms with Crippen molar-refractivity contribution >= 4 is 5.78 Å². The number of nitrogens with zero attached hydrogens (tertiary/aromatic N) is 2. The van der Waals surface area contributed by atoms with Crippen molar-refractivity contribution in [2.24, 2.45) is 7.05 Å². The van der Waals surface area contributed by atoms with E-state index in [2.05, 4.69) is 5.10 Å². The fourth-order valence-corrected chi connectivity index (χ4v) is 2.46. The molecular formula is C13H20N2O4. The molecule has 0 aromatic carbocycles. The Kier molecular flexibility index (Phi) is 4.21. The lowest BCUT2D eigenvalue weighted by Gasteiger charge is -2.35. The topological polar surface area (TPSA) is 62.6 Å². The Bertz CT molecular complexity index is 444. The zero-order valence-electron chi connectivity index (χ0n) is 11.6. The van der Waals surface area contributed by atoms with Crippen LogP contribution in [0.1, 0.15) is 30.3 Å². The number of Topliss-reactive ketones (excluding diaryl/α,β-unsaturated/α-hetero) is 1. The second kappa shape index (κ2) is 5.71. The van der Waals surface area contributed by atoms with Gasteiger partial charge in [0, 0.05) is 39.7 Å². The van der Waals surface area contributed by atoms with Gasteiger partial charge >= 0.3 is 0 Å². The van der Waals surface area contributed by atoms with Gasteiger partial charge in [-0.15, -0.1) is 0 Å². The number of aryl methyl sites for hydroxylation is 1. The highest BCUT2D eigenvalue weighted by Gasteiger charge is 2.43. The number of ether oxygens (including phenoxy) is 3. The van der Waals surface area contributed by atoms with E-state index in [-0.39, 0.29) is 5.78 Å².